The van der Waals surface area contributed by atoms with Crippen molar-refractivity contribution in [2.45, 2.75) is 25.1 Å². The second-order valence-electron chi connectivity index (χ2n) is 4.38. The van der Waals surface area contributed by atoms with Crippen LogP contribution in [0.3, 0.4) is 0 Å². The fraction of sp³-hybridized carbons (Fsp3) is 0.500. The van der Waals surface area contributed by atoms with Gasteiger partial charge in [-0.05, 0) is 31.0 Å². The molecule has 1 fully saturated rings. The fourth-order valence-electron chi connectivity index (χ4n) is 2.12. The van der Waals surface area contributed by atoms with E-state index in [0.717, 1.165) is 6.07 Å². The number of hydrogen-bond acceptors (Lipinski definition) is 2. The lowest BCUT2D eigenvalue weighted by atomic mass is 10.0. The molecule has 1 heterocycles. The third-order valence-corrected chi connectivity index (χ3v) is 3.56. The van der Waals surface area contributed by atoms with Crippen molar-refractivity contribution in [3.05, 3.63) is 28.2 Å². The van der Waals surface area contributed by atoms with Crippen molar-refractivity contribution in [3.8, 4) is 0 Å². The first-order valence-electron chi connectivity index (χ1n) is 5.67. The van der Waals surface area contributed by atoms with Crippen LogP contribution in [-0.2, 0) is 6.18 Å². The summed E-state index contributed by atoms with van der Waals surface area (Å²) in [5, 5.41) is 9.39. The number of nitrogens with zero attached hydrogens (tertiary/aromatic N) is 1. The van der Waals surface area contributed by atoms with Crippen LogP contribution in [0.4, 0.5) is 18.9 Å². The van der Waals surface area contributed by atoms with E-state index in [1.807, 2.05) is 0 Å². The van der Waals surface area contributed by atoms with Crippen LogP contribution >= 0.6 is 15.9 Å². The van der Waals surface area contributed by atoms with E-state index >= 15 is 0 Å². The first-order valence-corrected chi connectivity index (χ1v) is 6.47. The Labute approximate surface area is 112 Å². The zero-order valence-electron chi connectivity index (χ0n) is 9.54. The SMILES string of the molecule is OC1CCN(c2ccc(Br)cc2C(F)(F)F)CC1. The maximum atomic E-state index is 13.0. The van der Waals surface area contributed by atoms with Gasteiger partial charge in [0.1, 0.15) is 0 Å². The number of halogens is 4. The molecular weight excluding hydrogens is 311 g/mol. The summed E-state index contributed by atoms with van der Waals surface area (Å²) >= 11 is 3.06. The second-order valence-corrected chi connectivity index (χ2v) is 5.29. The summed E-state index contributed by atoms with van der Waals surface area (Å²) < 4.78 is 39.3. The van der Waals surface area contributed by atoms with Gasteiger partial charge in [0.25, 0.3) is 0 Å². The van der Waals surface area contributed by atoms with E-state index in [4.69, 9.17) is 0 Å². The number of rotatable bonds is 1. The van der Waals surface area contributed by atoms with Crippen LogP contribution in [0.2, 0.25) is 0 Å². The average Bonchev–Trinajstić information content (AvgIpc) is 2.29. The van der Waals surface area contributed by atoms with Gasteiger partial charge in [0.05, 0.1) is 11.7 Å². The lowest BCUT2D eigenvalue weighted by Crippen LogP contribution is -2.36. The van der Waals surface area contributed by atoms with E-state index in [1.165, 1.54) is 6.07 Å². The van der Waals surface area contributed by atoms with E-state index in [1.54, 1.807) is 11.0 Å². The minimum absolute atomic E-state index is 0.192. The van der Waals surface area contributed by atoms with Crippen molar-refractivity contribution in [1.29, 1.82) is 0 Å². The van der Waals surface area contributed by atoms with Gasteiger partial charge in [0.15, 0.2) is 0 Å². The zero-order chi connectivity index (χ0) is 13.3. The molecule has 1 aliphatic heterocycles. The minimum atomic E-state index is -4.37. The molecule has 1 N–H and O–H groups in total. The van der Waals surface area contributed by atoms with Gasteiger partial charge in [-0.15, -0.1) is 0 Å². The van der Waals surface area contributed by atoms with Crippen LogP contribution in [0.15, 0.2) is 22.7 Å². The van der Waals surface area contributed by atoms with Gasteiger partial charge in [0.2, 0.25) is 0 Å². The second kappa shape index (κ2) is 5.09. The van der Waals surface area contributed by atoms with E-state index < -0.39 is 17.8 Å². The van der Waals surface area contributed by atoms with Crippen molar-refractivity contribution in [1.82, 2.24) is 0 Å². The van der Waals surface area contributed by atoms with Crippen LogP contribution in [0.25, 0.3) is 0 Å². The Morgan fingerprint density at radius 2 is 1.83 bits per heavy atom. The molecule has 0 unspecified atom stereocenters. The number of alkyl halides is 3. The third-order valence-electron chi connectivity index (χ3n) is 3.07. The van der Waals surface area contributed by atoms with Crippen molar-refractivity contribution in [3.63, 3.8) is 0 Å². The summed E-state index contributed by atoms with van der Waals surface area (Å²) in [5.74, 6) is 0. The van der Waals surface area contributed by atoms with Gasteiger partial charge in [0, 0.05) is 23.2 Å². The molecule has 1 aliphatic rings. The molecule has 0 atom stereocenters. The summed E-state index contributed by atoms with van der Waals surface area (Å²) in [7, 11) is 0. The highest BCUT2D eigenvalue weighted by Gasteiger charge is 2.35. The highest BCUT2D eigenvalue weighted by Crippen LogP contribution is 2.39. The molecule has 18 heavy (non-hydrogen) atoms. The van der Waals surface area contributed by atoms with Crippen molar-refractivity contribution in [2.24, 2.45) is 0 Å². The predicted molar refractivity (Wildman–Crippen MR) is 66.6 cm³/mol. The van der Waals surface area contributed by atoms with E-state index in [0.29, 0.717) is 30.4 Å². The number of hydrogen-bond donors (Lipinski definition) is 1. The molecular formula is C12H13BrF3NO. The molecule has 6 heteroatoms. The van der Waals surface area contributed by atoms with Gasteiger partial charge in [-0.3, -0.25) is 0 Å². The van der Waals surface area contributed by atoms with Crippen LogP contribution < -0.4 is 4.90 Å². The smallest absolute Gasteiger partial charge is 0.393 e. The van der Waals surface area contributed by atoms with Crippen LogP contribution in [0.5, 0.6) is 0 Å². The molecule has 2 nitrogen and oxygen atoms in total. The van der Waals surface area contributed by atoms with Crippen molar-refractivity contribution < 1.29 is 18.3 Å². The van der Waals surface area contributed by atoms with Crippen molar-refractivity contribution >= 4 is 21.6 Å². The third kappa shape index (κ3) is 2.98. The van der Waals surface area contributed by atoms with Gasteiger partial charge in [-0.1, -0.05) is 15.9 Å². The number of aliphatic hydroxyl groups excluding tert-OH is 1. The molecule has 1 saturated heterocycles. The monoisotopic (exact) mass is 323 g/mol. The Balaban J connectivity index is 2.32. The number of benzene rings is 1. The Hall–Kier alpha value is -0.750. The molecule has 0 aliphatic carbocycles. The van der Waals surface area contributed by atoms with Crippen LogP contribution in [-0.4, -0.2) is 24.3 Å². The summed E-state index contributed by atoms with van der Waals surface area (Å²) in [6, 6.07) is 4.18. The minimum Gasteiger partial charge on any atom is -0.393 e. The van der Waals surface area contributed by atoms with Gasteiger partial charge < -0.3 is 10.0 Å². The average molecular weight is 324 g/mol. The van der Waals surface area contributed by atoms with Gasteiger partial charge in [-0.25, -0.2) is 0 Å². The maximum Gasteiger partial charge on any atom is 0.418 e. The molecule has 0 aromatic heterocycles. The zero-order valence-corrected chi connectivity index (χ0v) is 11.1. The first kappa shape index (κ1) is 13.7. The summed E-state index contributed by atoms with van der Waals surface area (Å²) in [5.41, 5.74) is -0.439. The Morgan fingerprint density at radius 1 is 1.22 bits per heavy atom. The van der Waals surface area contributed by atoms with Gasteiger partial charge in [-0.2, -0.15) is 13.2 Å². The number of piperidine rings is 1. The standard InChI is InChI=1S/C12H13BrF3NO/c13-8-1-2-11(10(7-8)12(14,15)16)17-5-3-9(18)4-6-17/h1-2,7,9,18H,3-6H2. The predicted octanol–water partition coefficient (Wildman–Crippen LogP) is 3.43. The molecule has 0 radical (unpaired) electrons. The van der Waals surface area contributed by atoms with Crippen LogP contribution in [0.1, 0.15) is 18.4 Å². The molecule has 0 bridgehead atoms. The quantitative estimate of drug-likeness (QED) is 0.856. The van der Waals surface area contributed by atoms with E-state index in [9.17, 15) is 18.3 Å². The van der Waals surface area contributed by atoms with E-state index in [2.05, 4.69) is 15.9 Å². The van der Waals surface area contributed by atoms with Crippen LogP contribution in [0, 0.1) is 0 Å². The van der Waals surface area contributed by atoms with E-state index in [-0.39, 0.29) is 5.69 Å². The Bertz CT molecular complexity index is 428. The molecule has 2 rings (SSSR count). The molecule has 0 amide bonds. The normalized spacial score (nSPS) is 18.2. The topological polar surface area (TPSA) is 23.5 Å². The molecule has 0 spiro atoms. The summed E-state index contributed by atoms with van der Waals surface area (Å²) in [4.78, 5) is 1.68. The molecule has 0 saturated carbocycles. The number of anilines is 1. The maximum absolute atomic E-state index is 13.0. The van der Waals surface area contributed by atoms with Crippen molar-refractivity contribution in [2.75, 3.05) is 18.0 Å². The van der Waals surface area contributed by atoms with Gasteiger partial charge >= 0.3 is 6.18 Å². The number of aliphatic hydroxyl groups is 1. The Kier molecular flexibility index (Phi) is 3.87. The summed E-state index contributed by atoms with van der Waals surface area (Å²) in [6.07, 6.45) is -3.75. The highest BCUT2D eigenvalue weighted by molar-refractivity contribution is 9.10. The summed E-state index contributed by atoms with van der Waals surface area (Å²) in [6.45, 7) is 0.901. The highest BCUT2D eigenvalue weighted by atomic mass is 79.9. The first-order chi connectivity index (χ1) is 8.38. The molecule has 1 aromatic rings. The lowest BCUT2D eigenvalue weighted by molar-refractivity contribution is -0.137. The Morgan fingerprint density at radius 3 is 2.39 bits per heavy atom. The molecule has 100 valence electrons. The lowest BCUT2D eigenvalue weighted by Gasteiger charge is -2.33. The molecule has 1 aromatic carbocycles. The fourth-order valence-corrected chi connectivity index (χ4v) is 2.48. The largest absolute Gasteiger partial charge is 0.418 e.